The Morgan fingerprint density at radius 3 is 2.23 bits per heavy atom. The van der Waals surface area contributed by atoms with E-state index >= 15 is 0 Å². The monoisotopic (exact) mass is 437 g/mol. The number of carbonyl (C=O) groups excluding carboxylic acids is 4. The van der Waals surface area contributed by atoms with E-state index in [0.717, 1.165) is 22.3 Å². The van der Waals surface area contributed by atoms with Crippen molar-refractivity contribution in [2.24, 2.45) is 0 Å². The molecular formula is C21H22F3N3O4. The number of anilines is 1. The lowest BCUT2D eigenvalue weighted by atomic mass is 9.87. The molecule has 7 nitrogen and oxygen atoms in total. The van der Waals surface area contributed by atoms with E-state index in [0.29, 0.717) is 6.42 Å². The molecule has 31 heavy (non-hydrogen) atoms. The molecule has 0 aromatic heterocycles. The predicted octanol–water partition coefficient (Wildman–Crippen LogP) is 2.24. The molecule has 2 heterocycles. The molecule has 2 aliphatic heterocycles. The lowest BCUT2D eigenvalue weighted by Crippen LogP contribution is -2.67. The predicted molar refractivity (Wildman–Crippen MR) is 105 cm³/mol. The highest BCUT2D eigenvalue weighted by atomic mass is 19.4. The van der Waals surface area contributed by atoms with E-state index in [1.807, 2.05) is 0 Å². The number of hydrogen-bond donors (Lipinski definition) is 1. The van der Waals surface area contributed by atoms with Crippen LogP contribution in [-0.2, 0) is 19.2 Å². The second-order valence-corrected chi connectivity index (χ2v) is 7.71. The molecule has 10 heteroatoms. The summed E-state index contributed by atoms with van der Waals surface area (Å²) in [5, 5.41) is 1.77. The second-order valence-electron chi connectivity index (χ2n) is 7.71. The van der Waals surface area contributed by atoms with Gasteiger partial charge in [-0.15, -0.1) is 0 Å². The lowest BCUT2D eigenvalue weighted by Gasteiger charge is -2.33. The van der Waals surface area contributed by atoms with Crippen LogP contribution in [0.3, 0.4) is 0 Å². The average molecular weight is 437 g/mol. The van der Waals surface area contributed by atoms with E-state index in [4.69, 9.17) is 0 Å². The third-order valence-electron chi connectivity index (χ3n) is 5.50. The number of halogens is 3. The van der Waals surface area contributed by atoms with Crippen LogP contribution in [0.4, 0.5) is 18.9 Å². The Morgan fingerprint density at radius 1 is 1.13 bits per heavy atom. The summed E-state index contributed by atoms with van der Waals surface area (Å²) < 4.78 is 43.3. The third-order valence-corrected chi connectivity index (χ3v) is 5.50. The van der Waals surface area contributed by atoms with Crippen LogP contribution in [0.1, 0.15) is 32.3 Å². The molecule has 1 aromatic rings. The Labute approximate surface area is 176 Å². The molecule has 2 aliphatic rings. The van der Waals surface area contributed by atoms with Crippen molar-refractivity contribution in [3.8, 4) is 0 Å². The normalized spacial score (nSPS) is 21.9. The van der Waals surface area contributed by atoms with Crippen LogP contribution in [0.25, 0.3) is 0 Å². The van der Waals surface area contributed by atoms with Crippen LogP contribution in [-0.4, -0.2) is 53.2 Å². The fourth-order valence-corrected chi connectivity index (χ4v) is 4.08. The number of rotatable bonds is 5. The number of amides is 3. The van der Waals surface area contributed by atoms with Crippen molar-refractivity contribution in [1.29, 1.82) is 0 Å². The minimum absolute atomic E-state index is 0.141. The fraction of sp³-hybridized carbons (Fsp3) is 0.429. The van der Waals surface area contributed by atoms with Crippen molar-refractivity contribution >= 4 is 29.2 Å². The standard InChI is InChI=1S/C21H22F3N3O4/c1-12-6-8-15(9-7-12)27-13(2)18(14(3)28)20(19(27)31,21(22,23)24)25-16(29)11-26-10-4-5-17(26)30/h6-9H,4-5,10-11H2,1-3H3,(H,25,29). The van der Waals surface area contributed by atoms with Gasteiger partial charge in [0, 0.05) is 24.4 Å². The Hall–Kier alpha value is -3.17. The highest BCUT2D eigenvalue weighted by molar-refractivity contribution is 6.19. The van der Waals surface area contributed by atoms with Crippen LogP contribution < -0.4 is 10.2 Å². The summed E-state index contributed by atoms with van der Waals surface area (Å²) in [6, 6.07) is 6.17. The maximum absolute atomic E-state index is 14.4. The maximum atomic E-state index is 14.4. The van der Waals surface area contributed by atoms with Crippen LogP contribution in [0.2, 0.25) is 0 Å². The average Bonchev–Trinajstić information content (AvgIpc) is 3.15. The van der Waals surface area contributed by atoms with Gasteiger partial charge in [-0.25, -0.2) is 0 Å². The summed E-state index contributed by atoms with van der Waals surface area (Å²) in [7, 11) is 0. The van der Waals surface area contributed by atoms with E-state index in [1.54, 1.807) is 24.4 Å². The van der Waals surface area contributed by atoms with Gasteiger partial charge >= 0.3 is 6.18 Å². The van der Waals surface area contributed by atoms with Crippen molar-refractivity contribution in [3.05, 3.63) is 41.1 Å². The summed E-state index contributed by atoms with van der Waals surface area (Å²) in [5.41, 5.74) is -3.62. The first-order chi connectivity index (χ1) is 14.4. The molecule has 3 amide bonds. The zero-order valence-corrected chi connectivity index (χ0v) is 17.3. The SMILES string of the molecule is CC(=O)C1=C(C)N(c2ccc(C)cc2)C(=O)C1(NC(=O)CN1CCCC1=O)C(F)(F)F. The number of aryl methyl sites for hydroxylation is 1. The van der Waals surface area contributed by atoms with Crippen molar-refractivity contribution in [2.45, 2.75) is 45.3 Å². The molecule has 0 saturated carbocycles. The highest BCUT2D eigenvalue weighted by Gasteiger charge is 2.70. The molecule has 0 aliphatic carbocycles. The number of hydrogen-bond acceptors (Lipinski definition) is 4. The Kier molecular flexibility index (Phi) is 5.68. The molecule has 1 atom stereocenters. The van der Waals surface area contributed by atoms with Gasteiger partial charge in [-0.2, -0.15) is 13.2 Å². The summed E-state index contributed by atoms with van der Waals surface area (Å²) in [5.74, 6) is -4.00. The Bertz CT molecular complexity index is 985. The second kappa shape index (κ2) is 7.82. The summed E-state index contributed by atoms with van der Waals surface area (Å²) >= 11 is 0. The van der Waals surface area contributed by atoms with Gasteiger partial charge in [0.25, 0.3) is 5.91 Å². The molecule has 1 unspecified atom stereocenters. The first kappa shape index (κ1) is 22.5. The number of Topliss-reactive ketones (excluding diaryl/α,β-unsaturated/α-hetero) is 1. The zero-order valence-electron chi connectivity index (χ0n) is 17.3. The quantitative estimate of drug-likeness (QED) is 0.766. The lowest BCUT2D eigenvalue weighted by molar-refractivity contribution is -0.190. The molecule has 0 bridgehead atoms. The van der Waals surface area contributed by atoms with Crippen LogP contribution in [0.15, 0.2) is 35.5 Å². The molecule has 1 saturated heterocycles. The number of benzene rings is 1. The first-order valence-corrected chi connectivity index (χ1v) is 9.69. The highest BCUT2D eigenvalue weighted by Crippen LogP contribution is 2.46. The number of nitrogens with zero attached hydrogens (tertiary/aromatic N) is 2. The van der Waals surface area contributed by atoms with E-state index in [2.05, 4.69) is 0 Å². The van der Waals surface area contributed by atoms with Gasteiger partial charge in [0.05, 0.1) is 12.1 Å². The fourth-order valence-electron chi connectivity index (χ4n) is 4.08. The number of carbonyl (C=O) groups is 4. The van der Waals surface area contributed by atoms with Gasteiger partial charge in [-0.05, 0) is 39.3 Å². The topological polar surface area (TPSA) is 86.8 Å². The van der Waals surface area contributed by atoms with Crippen molar-refractivity contribution in [2.75, 3.05) is 18.0 Å². The number of ketones is 1. The minimum Gasteiger partial charge on any atom is -0.333 e. The first-order valence-electron chi connectivity index (χ1n) is 9.69. The van der Waals surface area contributed by atoms with Crippen LogP contribution >= 0.6 is 0 Å². The molecule has 1 fully saturated rings. The third kappa shape index (κ3) is 3.70. The summed E-state index contributed by atoms with van der Waals surface area (Å²) in [4.78, 5) is 51.8. The van der Waals surface area contributed by atoms with E-state index in [9.17, 15) is 32.3 Å². The molecule has 0 radical (unpaired) electrons. The van der Waals surface area contributed by atoms with Gasteiger partial charge < -0.3 is 10.2 Å². The molecular weight excluding hydrogens is 415 g/mol. The van der Waals surface area contributed by atoms with Gasteiger partial charge in [0.1, 0.15) is 0 Å². The van der Waals surface area contributed by atoms with E-state index in [1.165, 1.54) is 19.1 Å². The smallest absolute Gasteiger partial charge is 0.333 e. The summed E-state index contributed by atoms with van der Waals surface area (Å²) in [6.07, 6.45) is -4.60. The Balaban J connectivity index is 2.07. The number of likely N-dealkylation sites (tertiary alicyclic amines) is 1. The van der Waals surface area contributed by atoms with E-state index in [-0.39, 0.29) is 30.3 Å². The van der Waals surface area contributed by atoms with Crippen LogP contribution in [0.5, 0.6) is 0 Å². The van der Waals surface area contributed by atoms with E-state index < -0.39 is 41.4 Å². The van der Waals surface area contributed by atoms with Crippen LogP contribution in [0, 0.1) is 6.92 Å². The Morgan fingerprint density at radius 2 is 1.74 bits per heavy atom. The molecule has 1 aromatic carbocycles. The molecule has 166 valence electrons. The van der Waals surface area contributed by atoms with Gasteiger partial charge in [-0.1, -0.05) is 17.7 Å². The summed E-state index contributed by atoms with van der Waals surface area (Å²) in [6.45, 7) is 3.54. The van der Waals surface area contributed by atoms with Crippen molar-refractivity contribution < 1.29 is 32.3 Å². The van der Waals surface area contributed by atoms with Gasteiger partial charge in [0.2, 0.25) is 17.4 Å². The van der Waals surface area contributed by atoms with Crippen molar-refractivity contribution in [3.63, 3.8) is 0 Å². The maximum Gasteiger partial charge on any atom is 0.425 e. The number of alkyl halides is 3. The zero-order chi connectivity index (χ0) is 23.1. The van der Waals surface area contributed by atoms with Gasteiger partial charge in [-0.3, -0.25) is 24.1 Å². The van der Waals surface area contributed by atoms with Crippen molar-refractivity contribution in [1.82, 2.24) is 10.2 Å². The molecule has 1 N–H and O–H groups in total. The number of allylic oxidation sites excluding steroid dienone is 1. The molecule has 0 spiro atoms. The number of nitrogens with one attached hydrogen (secondary N) is 1. The molecule has 3 rings (SSSR count). The minimum atomic E-state index is -5.30. The van der Waals surface area contributed by atoms with Gasteiger partial charge in [0.15, 0.2) is 5.78 Å². The largest absolute Gasteiger partial charge is 0.425 e.